The van der Waals surface area contributed by atoms with Gasteiger partial charge in [0.1, 0.15) is 0 Å². The molecule has 0 aliphatic rings. The Morgan fingerprint density at radius 1 is 0.812 bits per heavy atom. The molecule has 7 nitrogen and oxygen atoms in total. The number of nitrogens with one attached hydrogen (secondary N) is 3. The number of hydrogen-bond donors (Lipinski definition) is 3. The summed E-state index contributed by atoms with van der Waals surface area (Å²) in [6, 6.07) is 19.0. The molecule has 0 spiro atoms. The number of carbonyl (C=O) groups is 2. The summed E-state index contributed by atoms with van der Waals surface area (Å²) in [7, 11) is -3.74. The van der Waals surface area contributed by atoms with Crippen LogP contribution in [0.2, 0.25) is 10.0 Å². The second kappa shape index (κ2) is 10.3. The van der Waals surface area contributed by atoms with Crippen molar-refractivity contribution in [2.75, 3.05) is 4.72 Å². The van der Waals surface area contributed by atoms with Crippen molar-refractivity contribution in [1.29, 1.82) is 0 Å². The van der Waals surface area contributed by atoms with E-state index in [9.17, 15) is 18.0 Å². The first kappa shape index (κ1) is 23.3. The number of benzene rings is 3. The summed E-state index contributed by atoms with van der Waals surface area (Å²) in [5.41, 5.74) is 5.83. The topological polar surface area (TPSA) is 104 Å². The van der Waals surface area contributed by atoms with Crippen LogP contribution in [-0.4, -0.2) is 20.2 Å². The molecule has 32 heavy (non-hydrogen) atoms. The summed E-state index contributed by atoms with van der Waals surface area (Å²) in [4.78, 5) is 24.4. The van der Waals surface area contributed by atoms with Gasteiger partial charge in [-0.15, -0.1) is 0 Å². The van der Waals surface area contributed by atoms with E-state index in [1.807, 2.05) is 6.07 Å². The van der Waals surface area contributed by atoms with E-state index < -0.39 is 21.8 Å². The lowest BCUT2D eigenvalue weighted by Crippen LogP contribution is -2.41. The maximum atomic E-state index is 12.3. The molecule has 0 saturated heterocycles. The lowest BCUT2D eigenvalue weighted by atomic mass is 10.2. The highest BCUT2D eigenvalue weighted by molar-refractivity contribution is 7.95. The van der Waals surface area contributed by atoms with Gasteiger partial charge in [-0.25, -0.2) is 8.42 Å². The molecule has 0 aromatic heterocycles. The van der Waals surface area contributed by atoms with Gasteiger partial charge in [0.05, 0.1) is 16.0 Å². The Bertz CT molecular complexity index is 1260. The molecule has 3 N–H and O–H groups in total. The molecule has 10 heteroatoms. The zero-order valence-corrected chi connectivity index (χ0v) is 18.7. The molecular weight excluding hydrogens is 473 g/mol. The zero-order chi connectivity index (χ0) is 23.1. The molecule has 0 atom stereocenters. The van der Waals surface area contributed by atoms with Crippen LogP contribution in [0.3, 0.4) is 0 Å². The van der Waals surface area contributed by atoms with Gasteiger partial charge >= 0.3 is 0 Å². The van der Waals surface area contributed by atoms with Crippen molar-refractivity contribution in [3.63, 3.8) is 0 Å². The molecule has 0 aliphatic carbocycles. The normalized spacial score (nSPS) is 11.2. The number of rotatable bonds is 6. The molecule has 2 amide bonds. The number of carbonyl (C=O) groups excluding carboxylic acids is 2. The predicted molar refractivity (Wildman–Crippen MR) is 126 cm³/mol. The van der Waals surface area contributed by atoms with Crippen LogP contribution >= 0.6 is 23.2 Å². The molecule has 0 heterocycles. The van der Waals surface area contributed by atoms with Crippen LogP contribution in [0.15, 0.2) is 78.2 Å². The average Bonchev–Trinajstić information content (AvgIpc) is 2.78. The van der Waals surface area contributed by atoms with Crippen LogP contribution in [0.1, 0.15) is 26.3 Å². The Morgan fingerprint density at radius 2 is 1.47 bits per heavy atom. The molecule has 3 aromatic rings. The Hall–Kier alpha value is -3.33. The quantitative estimate of drug-likeness (QED) is 0.443. The highest BCUT2D eigenvalue weighted by atomic mass is 35.5. The van der Waals surface area contributed by atoms with Crippen LogP contribution in [0.25, 0.3) is 6.08 Å². The average molecular weight is 490 g/mol. The largest absolute Gasteiger partial charge is 0.280 e. The minimum absolute atomic E-state index is 0.104. The molecule has 3 aromatic carbocycles. The van der Waals surface area contributed by atoms with E-state index in [0.29, 0.717) is 5.02 Å². The van der Waals surface area contributed by atoms with E-state index in [4.69, 9.17) is 23.2 Å². The van der Waals surface area contributed by atoms with Crippen molar-refractivity contribution >= 4 is 56.8 Å². The number of halogens is 2. The fraction of sp³-hybridized carbons (Fsp3) is 0. The standard InChI is InChI=1S/C22H17Cl2N3O4S/c23-17-8-11-20(24)19(14-17)22(29)26-25-21(28)16-6-9-18(10-7-16)27-32(30,31)13-12-15-4-2-1-3-5-15/h1-14,27H,(H,25,28)(H,26,29)/b13-12+. The molecule has 0 aliphatic heterocycles. The third-order valence-corrected chi connectivity index (χ3v) is 5.69. The number of hydrogen-bond acceptors (Lipinski definition) is 4. The Kier molecular flexibility index (Phi) is 7.53. The number of hydrazine groups is 1. The van der Waals surface area contributed by atoms with E-state index in [1.165, 1.54) is 48.5 Å². The smallest absolute Gasteiger partial charge is 0.271 e. The monoisotopic (exact) mass is 489 g/mol. The second-order valence-electron chi connectivity index (χ2n) is 6.47. The van der Waals surface area contributed by atoms with Crippen molar-refractivity contribution in [2.45, 2.75) is 0 Å². The molecule has 0 saturated carbocycles. The first-order chi connectivity index (χ1) is 15.2. The molecular formula is C22H17Cl2N3O4S. The maximum Gasteiger partial charge on any atom is 0.271 e. The van der Waals surface area contributed by atoms with Gasteiger partial charge in [0, 0.05) is 16.3 Å². The van der Waals surface area contributed by atoms with Crippen LogP contribution in [0.5, 0.6) is 0 Å². The van der Waals surface area contributed by atoms with Gasteiger partial charge in [-0.2, -0.15) is 0 Å². The van der Waals surface area contributed by atoms with Crippen molar-refractivity contribution in [1.82, 2.24) is 10.9 Å². The Labute approximate surface area is 195 Å². The van der Waals surface area contributed by atoms with E-state index in [1.54, 1.807) is 24.3 Å². The SMILES string of the molecule is O=C(NNC(=O)c1cc(Cl)ccc1Cl)c1ccc(NS(=O)(=O)/C=C/c2ccccc2)cc1. The fourth-order valence-corrected chi connectivity index (χ4v) is 3.79. The summed E-state index contributed by atoms with van der Waals surface area (Å²) < 4.78 is 26.8. The van der Waals surface area contributed by atoms with Crippen LogP contribution in [0.4, 0.5) is 5.69 Å². The van der Waals surface area contributed by atoms with Gasteiger partial charge in [0.25, 0.3) is 21.8 Å². The minimum Gasteiger partial charge on any atom is -0.280 e. The first-order valence-corrected chi connectivity index (χ1v) is 11.5. The van der Waals surface area contributed by atoms with Crippen LogP contribution in [0, 0.1) is 0 Å². The predicted octanol–water partition coefficient (Wildman–Crippen LogP) is 4.48. The summed E-state index contributed by atoms with van der Waals surface area (Å²) >= 11 is 11.8. The van der Waals surface area contributed by atoms with E-state index >= 15 is 0 Å². The van der Waals surface area contributed by atoms with Crippen molar-refractivity contribution < 1.29 is 18.0 Å². The fourth-order valence-electron chi connectivity index (χ4n) is 2.54. The molecule has 0 fully saturated rings. The van der Waals surface area contributed by atoms with Crippen LogP contribution in [-0.2, 0) is 10.0 Å². The zero-order valence-electron chi connectivity index (χ0n) is 16.4. The number of anilines is 1. The van der Waals surface area contributed by atoms with Gasteiger partial charge in [-0.1, -0.05) is 53.5 Å². The Morgan fingerprint density at radius 3 is 2.16 bits per heavy atom. The van der Waals surface area contributed by atoms with E-state index in [-0.39, 0.29) is 21.8 Å². The third-order valence-electron chi connectivity index (χ3n) is 4.11. The second-order valence-corrected chi connectivity index (χ2v) is 8.88. The van der Waals surface area contributed by atoms with Crippen molar-refractivity contribution in [3.05, 3.63) is 105 Å². The molecule has 0 radical (unpaired) electrons. The summed E-state index contributed by atoms with van der Waals surface area (Å²) in [5, 5.41) is 1.56. The van der Waals surface area contributed by atoms with E-state index in [0.717, 1.165) is 11.0 Å². The molecule has 0 unspecified atom stereocenters. The van der Waals surface area contributed by atoms with Crippen molar-refractivity contribution in [3.8, 4) is 0 Å². The lowest BCUT2D eigenvalue weighted by molar-refractivity contribution is 0.0847. The maximum absolute atomic E-state index is 12.3. The van der Waals surface area contributed by atoms with Gasteiger partial charge in [0.2, 0.25) is 0 Å². The van der Waals surface area contributed by atoms with Crippen molar-refractivity contribution in [2.24, 2.45) is 0 Å². The number of amides is 2. The van der Waals surface area contributed by atoms with Gasteiger partial charge in [-0.3, -0.25) is 25.2 Å². The highest BCUT2D eigenvalue weighted by Crippen LogP contribution is 2.20. The van der Waals surface area contributed by atoms with E-state index in [2.05, 4.69) is 15.6 Å². The lowest BCUT2D eigenvalue weighted by Gasteiger charge is -2.10. The molecule has 0 bridgehead atoms. The first-order valence-electron chi connectivity index (χ1n) is 9.15. The summed E-state index contributed by atoms with van der Waals surface area (Å²) in [6.07, 6.45) is 1.47. The van der Waals surface area contributed by atoms with Gasteiger partial charge in [-0.05, 0) is 54.1 Å². The molecule has 164 valence electrons. The van der Waals surface area contributed by atoms with Gasteiger partial charge < -0.3 is 0 Å². The highest BCUT2D eigenvalue weighted by Gasteiger charge is 2.13. The summed E-state index contributed by atoms with van der Waals surface area (Å²) in [6.45, 7) is 0. The summed E-state index contributed by atoms with van der Waals surface area (Å²) in [5.74, 6) is -1.24. The third kappa shape index (κ3) is 6.58. The molecule has 3 rings (SSSR count). The Balaban J connectivity index is 1.58. The van der Waals surface area contributed by atoms with Gasteiger partial charge in [0.15, 0.2) is 0 Å². The number of sulfonamides is 1. The van der Waals surface area contributed by atoms with Crippen LogP contribution < -0.4 is 15.6 Å². The minimum atomic E-state index is -3.74.